The molecule has 0 unspecified atom stereocenters. The molecule has 0 aliphatic carbocycles. The number of anilines is 1. The first-order valence-electron chi connectivity index (χ1n) is 11.6. The minimum Gasteiger partial charge on any atom is -0.382 e. The van der Waals surface area contributed by atoms with Gasteiger partial charge < -0.3 is 19.5 Å². The molecule has 2 aromatic heterocycles. The van der Waals surface area contributed by atoms with E-state index in [1.165, 1.54) is 6.42 Å². The number of aryl methyl sites for hydroxylation is 1. The predicted octanol–water partition coefficient (Wildman–Crippen LogP) is 3.75. The lowest BCUT2D eigenvalue weighted by Crippen LogP contribution is -2.31. The Balaban J connectivity index is 1.53. The van der Waals surface area contributed by atoms with Gasteiger partial charge in [-0.2, -0.15) is 4.98 Å². The number of piperidine rings is 1. The molecule has 1 amide bonds. The van der Waals surface area contributed by atoms with Crippen molar-refractivity contribution >= 4 is 22.8 Å². The monoisotopic (exact) mass is 437 g/mol. The number of hydrogen-bond donors (Lipinski definition) is 1. The number of amides is 1. The third-order valence-electron chi connectivity index (χ3n) is 5.63. The summed E-state index contributed by atoms with van der Waals surface area (Å²) in [5, 5.41) is 8.11. The van der Waals surface area contributed by atoms with Crippen molar-refractivity contribution in [2.24, 2.45) is 0 Å². The maximum atomic E-state index is 12.2. The van der Waals surface area contributed by atoms with Crippen molar-refractivity contribution in [1.29, 1.82) is 0 Å². The van der Waals surface area contributed by atoms with Gasteiger partial charge in [-0.3, -0.25) is 4.79 Å². The van der Waals surface area contributed by atoms with Crippen LogP contribution in [0.5, 0.6) is 0 Å². The first kappa shape index (κ1) is 22.2. The lowest BCUT2D eigenvalue weighted by atomic mass is 10.1. The van der Waals surface area contributed by atoms with Crippen molar-refractivity contribution in [1.82, 2.24) is 20.4 Å². The Kier molecular flexibility index (Phi) is 7.66. The molecule has 1 N–H and O–H groups in total. The van der Waals surface area contributed by atoms with Gasteiger partial charge in [0.25, 0.3) is 5.71 Å². The predicted molar refractivity (Wildman–Crippen MR) is 124 cm³/mol. The lowest BCUT2D eigenvalue weighted by Gasteiger charge is -2.28. The topological polar surface area (TPSA) is 93.4 Å². The Morgan fingerprint density at radius 1 is 1.16 bits per heavy atom. The average Bonchev–Trinajstić information content (AvgIpc) is 3.27. The van der Waals surface area contributed by atoms with Gasteiger partial charge in [0.15, 0.2) is 0 Å². The molecule has 1 fully saturated rings. The van der Waals surface area contributed by atoms with E-state index >= 15 is 0 Å². The van der Waals surface area contributed by atoms with E-state index in [0.29, 0.717) is 44.1 Å². The van der Waals surface area contributed by atoms with E-state index in [1.54, 1.807) is 0 Å². The summed E-state index contributed by atoms with van der Waals surface area (Å²) in [4.78, 5) is 24.0. The second kappa shape index (κ2) is 11.0. The molecule has 8 heteroatoms. The Hall–Kier alpha value is -3.00. The van der Waals surface area contributed by atoms with E-state index in [1.807, 2.05) is 37.3 Å². The molecule has 3 heterocycles. The molecule has 170 valence electrons. The van der Waals surface area contributed by atoms with E-state index in [2.05, 4.69) is 20.4 Å². The summed E-state index contributed by atoms with van der Waals surface area (Å²) in [7, 11) is 0. The minimum atomic E-state index is -0.00716. The molecule has 3 aromatic rings. The van der Waals surface area contributed by atoms with Crippen molar-refractivity contribution in [2.75, 3.05) is 37.7 Å². The number of nitrogens with one attached hydrogen (secondary N) is 1. The molecule has 1 aliphatic rings. The van der Waals surface area contributed by atoms with Crippen LogP contribution in [0.1, 0.15) is 44.9 Å². The van der Waals surface area contributed by atoms with Crippen LogP contribution in [0.4, 0.5) is 5.82 Å². The molecule has 0 atom stereocenters. The third kappa shape index (κ3) is 5.43. The van der Waals surface area contributed by atoms with Gasteiger partial charge in [-0.1, -0.05) is 35.5 Å². The fourth-order valence-electron chi connectivity index (χ4n) is 3.98. The van der Waals surface area contributed by atoms with E-state index < -0.39 is 0 Å². The highest BCUT2D eigenvalue weighted by Crippen LogP contribution is 2.34. The van der Waals surface area contributed by atoms with Crippen molar-refractivity contribution in [3.8, 4) is 11.3 Å². The molecule has 0 saturated carbocycles. The molecule has 0 radical (unpaired) electrons. The van der Waals surface area contributed by atoms with Gasteiger partial charge in [-0.15, -0.1) is 0 Å². The highest BCUT2D eigenvalue weighted by molar-refractivity contribution is 5.98. The van der Waals surface area contributed by atoms with Crippen LogP contribution in [0, 0.1) is 0 Å². The number of nitrogens with zero attached hydrogens (tertiary/aromatic N) is 4. The van der Waals surface area contributed by atoms with Crippen molar-refractivity contribution < 1.29 is 14.1 Å². The third-order valence-corrected chi connectivity index (χ3v) is 5.63. The highest BCUT2D eigenvalue weighted by Gasteiger charge is 2.23. The second-order valence-corrected chi connectivity index (χ2v) is 7.99. The first-order chi connectivity index (χ1) is 15.8. The van der Waals surface area contributed by atoms with Crippen LogP contribution in [0.25, 0.3) is 22.4 Å². The maximum Gasteiger partial charge on any atom is 0.263 e. The summed E-state index contributed by atoms with van der Waals surface area (Å²) in [6.07, 6.45) is 5.10. The van der Waals surface area contributed by atoms with E-state index in [9.17, 15) is 4.79 Å². The van der Waals surface area contributed by atoms with Crippen molar-refractivity contribution in [2.45, 2.75) is 45.4 Å². The Bertz CT molecular complexity index is 1020. The first-order valence-corrected chi connectivity index (χ1v) is 11.6. The molecule has 0 bridgehead atoms. The molecule has 8 nitrogen and oxygen atoms in total. The zero-order valence-electron chi connectivity index (χ0n) is 18.7. The molecule has 1 aliphatic heterocycles. The number of ether oxygens (including phenoxy) is 1. The van der Waals surface area contributed by atoms with E-state index in [0.717, 1.165) is 54.8 Å². The summed E-state index contributed by atoms with van der Waals surface area (Å²) >= 11 is 0. The van der Waals surface area contributed by atoms with Crippen LogP contribution in [-0.2, 0) is 16.0 Å². The minimum absolute atomic E-state index is 0.00716. The standard InChI is InChI=1S/C24H31N5O3/c1-2-31-17-9-14-25-20(30)13-12-19-26-23(29-15-7-4-8-16-29)21-22(28-32-24(21)27-19)18-10-5-3-6-11-18/h3,5-6,10-11H,2,4,7-9,12-17H2,1H3,(H,25,30). The van der Waals surface area contributed by atoms with Crippen molar-refractivity contribution in [3.63, 3.8) is 0 Å². The average molecular weight is 438 g/mol. The molecule has 1 aromatic carbocycles. The number of aromatic nitrogens is 3. The Morgan fingerprint density at radius 2 is 1.97 bits per heavy atom. The van der Waals surface area contributed by atoms with Crippen LogP contribution in [-0.4, -0.2) is 53.9 Å². The zero-order valence-corrected chi connectivity index (χ0v) is 18.7. The normalized spacial score (nSPS) is 14.1. The summed E-state index contributed by atoms with van der Waals surface area (Å²) < 4.78 is 10.9. The number of hydrogen-bond acceptors (Lipinski definition) is 7. The SMILES string of the molecule is CCOCCCNC(=O)CCc1nc(N2CCCCC2)c2c(-c3ccccc3)noc2n1. The fourth-order valence-corrected chi connectivity index (χ4v) is 3.98. The molecule has 32 heavy (non-hydrogen) atoms. The number of rotatable bonds is 10. The van der Waals surface area contributed by atoms with Gasteiger partial charge in [0, 0.05) is 51.3 Å². The van der Waals surface area contributed by atoms with Crippen LogP contribution < -0.4 is 10.2 Å². The summed E-state index contributed by atoms with van der Waals surface area (Å²) in [6.45, 7) is 5.83. The van der Waals surface area contributed by atoms with Gasteiger partial charge in [-0.25, -0.2) is 4.98 Å². The molecule has 1 saturated heterocycles. The fraction of sp³-hybridized carbons (Fsp3) is 0.500. The van der Waals surface area contributed by atoms with Crippen LogP contribution >= 0.6 is 0 Å². The smallest absolute Gasteiger partial charge is 0.263 e. The summed E-state index contributed by atoms with van der Waals surface area (Å²) in [5.74, 6) is 1.47. The second-order valence-electron chi connectivity index (χ2n) is 7.99. The Labute approximate surface area is 188 Å². The van der Waals surface area contributed by atoms with Gasteiger partial charge >= 0.3 is 0 Å². The molecule has 4 rings (SSSR count). The number of carbonyl (C=O) groups is 1. The van der Waals surface area contributed by atoms with Crippen LogP contribution in [0.2, 0.25) is 0 Å². The molecular weight excluding hydrogens is 406 g/mol. The van der Waals surface area contributed by atoms with Gasteiger partial charge in [0.2, 0.25) is 5.91 Å². The maximum absolute atomic E-state index is 12.2. The largest absolute Gasteiger partial charge is 0.382 e. The summed E-state index contributed by atoms with van der Waals surface area (Å²) in [5.41, 5.74) is 2.22. The van der Waals surface area contributed by atoms with E-state index in [-0.39, 0.29) is 5.91 Å². The van der Waals surface area contributed by atoms with Crippen LogP contribution in [0.15, 0.2) is 34.9 Å². The van der Waals surface area contributed by atoms with Crippen molar-refractivity contribution in [3.05, 3.63) is 36.2 Å². The molecular formula is C24H31N5O3. The zero-order chi connectivity index (χ0) is 22.2. The lowest BCUT2D eigenvalue weighted by molar-refractivity contribution is -0.121. The van der Waals surface area contributed by atoms with Gasteiger partial charge in [-0.05, 0) is 32.6 Å². The number of fused-ring (bicyclic) bond motifs is 1. The van der Waals surface area contributed by atoms with Crippen LogP contribution in [0.3, 0.4) is 0 Å². The van der Waals surface area contributed by atoms with Gasteiger partial charge in [0.1, 0.15) is 22.7 Å². The molecule has 0 spiro atoms. The quantitative estimate of drug-likeness (QED) is 0.483. The highest BCUT2D eigenvalue weighted by atomic mass is 16.5. The number of carbonyl (C=O) groups excluding carboxylic acids is 1. The Morgan fingerprint density at radius 3 is 2.75 bits per heavy atom. The number of benzene rings is 1. The summed E-state index contributed by atoms with van der Waals surface area (Å²) in [6, 6.07) is 9.98. The van der Waals surface area contributed by atoms with Gasteiger partial charge in [0.05, 0.1) is 0 Å². The van der Waals surface area contributed by atoms with E-state index in [4.69, 9.17) is 14.2 Å².